The first kappa shape index (κ1) is 20.0. The molecule has 0 spiro atoms. The molecule has 1 fully saturated rings. The van der Waals surface area contributed by atoms with Gasteiger partial charge in [-0.05, 0) is 38.1 Å². The highest BCUT2D eigenvalue weighted by atomic mass is 16.2. The van der Waals surface area contributed by atoms with Crippen molar-refractivity contribution in [1.82, 2.24) is 29.7 Å². The largest absolute Gasteiger partial charge is 0.365 e. The maximum Gasteiger partial charge on any atom is 0.276 e. The van der Waals surface area contributed by atoms with Gasteiger partial charge in [-0.2, -0.15) is 15.0 Å². The number of benzene rings is 2. The van der Waals surface area contributed by atoms with Crippen LogP contribution >= 0.6 is 0 Å². The Morgan fingerprint density at radius 1 is 0.812 bits per heavy atom. The quantitative estimate of drug-likeness (QED) is 0.501. The van der Waals surface area contributed by atoms with Crippen LogP contribution in [0, 0.1) is 13.8 Å². The molecule has 0 bridgehead atoms. The van der Waals surface area contributed by atoms with Crippen LogP contribution in [0.2, 0.25) is 0 Å². The Labute approximate surface area is 186 Å². The van der Waals surface area contributed by atoms with Gasteiger partial charge in [0.2, 0.25) is 0 Å². The predicted molar refractivity (Wildman–Crippen MR) is 123 cm³/mol. The highest BCUT2D eigenvalue weighted by Crippen LogP contribution is 2.27. The van der Waals surface area contributed by atoms with Crippen molar-refractivity contribution in [3.8, 4) is 11.4 Å². The predicted octanol–water partition coefficient (Wildman–Crippen LogP) is 3.03. The maximum atomic E-state index is 13.0. The molecule has 0 unspecified atom stereocenters. The summed E-state index contributed by atoms with van der Waals surface area (Å²) in [5.41, 5.74) is 5.51. The Balaban J connectivity index is 1.28. The Morgan fingerprint density at radius 3 is 2.09 bits per heavy atom. The van der Waals surface area contributed by atoms with Crippen molar-refractivity contribution < 1.29 is 4.79 Å². The number of piperazine rings is 1. The zero-order valence-corrected chi connectivity index (χ0v) is 18.2. The van der Waals surface area contributed by atoms with Crippen LogP contribution in [0.5, 0.6) is 0 Å². The smallest absolute Gasteiger partial charge is 0.276 e. The fourth-order valence-corrected chi connectivity index (χ4v) is 4.25. The fraction of sp³-hybridized carbons (Fsp3) is 0.250. The molecule has 1 amide bonds. The molecule has 5 rings (SSSR count). The number of amides is 1. The second-order valence-corrected chi connectivity index (χ2v) is 7.90. The van der Waals surface area contributed by atoms with Crippen molar-refractivity contribution >= 4 is 11.6 Å². The summed E-state index contributed by atoms with van der Waals surface area (Å²) in [6.07, 6.45) is 1.54. The first-order chi connectivity index (χ1) is 15.6. The van der Waals surface area contributed by atoms with E-state index in [1.54, 1.807) is 6.20 Å². The van der Waals surface area contributed by atoms with Crippen LogP contribution in [-0.2, 0) is 0 Å². The summed E-state index contributed by atoms with van der Waals surface area (Å²) in [6, 6.07) is 19.8. The summed E-state index contributed by atoms with van der Waals surface area (Å²) in [5, 5.41) is 13.4. The summed E-state index contributed by atoms with van der Waals surface area (Å²) < 4.78 is 1.99. The lowest BCUT2D eigenvalue weighted by atomic mass is 10.2. The molecular formula is C24H25N7O. The molecule has 8 heteroatoms. The zero-order chi connectivity index (χ0) is 22.1. The van der Waals surface area contributed by atoms with Crippen LogP contribution < -0.4 is 4.90 Å². The van der Waals surface area contributed by atoms with Gasteiger partial charge in [-0.3, -0.25) is 4.79 Å². The number of carbonyl (C=O) groups is 1. The van der Waals surface area contributed by atoms with Crippen molar-refractivity contribution in [2.75, 3.05) is 31.1 Å². The minimum Gasteiger partial charge on any atom is -0.365 e. The van der Waals surface area contributed by atoms with Crippen molar-refractivity contribution in [3.63, 3.8) is 0 Å². The fourth-order valence-electron chi connectivity index (χ4n) is 4.25. The monoisotopic (exact) mass is 427 g/mol. The number of para-hydroxylation sites is 2. The zero-order valence-electron chi connectivity index (χ0n) is 18.2. The van der Waals surface area contributed by atoms with Crippen molar-refractivity contribution in [2.24, 2.45) is 0 Å². The number of hydrogen-bond donors (Lipinski definition) is 0. The summed E-state index contributed by atoms with van der Waals surface area (Å²) >= 11 is 0. The molecule has 1 aliphatic rings. The molecule has 1 aliphatic heterocycles. The average Bonchev–Trinajstić information content (AvgIpc) is 3.45. The minimum absolute atomic E-state index is 0.0831. The number of rotatable bonds is 4. The molecule has 162 valence electrons. The molecule has 0 saturated carbocycles. The van der Waals surface area contributed by atoms with E-state index in [0.29, 0.717) is 18.8 Å². The molecule has 4 aromatic rings. The van der Waals surface area contributed by atoms with Gasteiger partial charge in [0.1, 0.15) is 0 Å². The van der Waals surface area contributed by atoms with Crippen LogP contribution in [0.1, 0.15) is 21.9 Å². The second-order valence-electron chi connectivity index (χ2n) is 7.90. The standard InChI is InChI=1S/C24H25N7O/c1-18-23(19(2)30(26-18)20-9-5-3-6-10-20)28-13-15-29(16-14-28)24(32)22-17-25-31(27-22)21-11-7-4-8-12-21/h3-12,17H,13-16H2,1-2H3. The van der Waals surface area contributed by atoms with Gasteiger partial charge in [0, 0.05) is 26.2 Å². The Bertz CT molecular complexity index is 1220. The topological polar surface area (TPSA) is 72.1 Å². The molecule has 2 aromatic carbocycles. The lowest BCUT2D eigenvalue weighted by Crippen LogP contribution is -2.49. The Kier molecular flexibility index (Phi) is 5.18. The van der Waals surface area contributed by atoms with E-state index in [1.807, 2.05) is 65.0 Å². The number of aryl methyl sites for hydroxylation is 1. The van der Waals surface area contributed by atoms with E-state index in [9.17, 15) is 4.79 Å². The maximum absolute atomic E-state index is 13.0. The summed E-state index contributed by atoms with van der Waals surface area (Å²) in [6.45, 7) is 6.91. The van der Waals surface area contributed by atoms with Crippen molar-refractivity contribution in [2.45, 2.75) is 13.8 Å². The lowest BCUT2D eigenvalue weighted by molar-refractivity contribution is 0.0740. The Hall–Kier alpha value is -3.94. The number of nitrogens with zero attached hydrogens (tertiary/aromatic N) is 7. The van der Waals surface area contributed by atoms with Crippen molar-refractivity contribution in [3.05, 3.63) is 83.9 Å². The first-order valence-corrected chi connectivity index (χ1v) is 10.8. The minimum atomic E-state index is -0.0831. The van der Waals surface area contributed by atoms with Gasteiger partial charge >= 0.3 is 0 Å². The van der Waals surface area contributed by atoms with Crippen LogP contribution in [0.4, 0.5) is 5.69 Å². The SMILES string of the molecule is Cc1nn(-c2ccccc2)c(C)c1N1CCN(C(=O)c2cnn(-c3ccccc3)n2)CC1. The first-order valence-electron chi connectivity index (χ1n) is 10.8. The molecule has 0 aliphatic carbocycles. The molecule has 3 heterocycles. The van der Waals surface area contributed by atoms with E-state index < -0.39 is 0 Å². The van der Waals surface area contributed by atoms with Crippen LogP contribution in [0.3, 0.4) is 0 Å². The van der Waals surface area contributed by atoms with E-state index in [4.69, 9.17) is 5.10 Å². The number of anilines is 1. The van der Waals surface area contributed by atoms with E-state index >= 15 is 0 Å². The number of carbonyl (C=O) groups excluding carboxylic acids is 1. The molecule has 2 aromatic heterocycles. The molecule has 0 N–H and O–H groups in total. The molecular weight excluding hydrogens is 402 g/mol. The van der Waals surface area contributed by atoms with Gasteiger partial charge in [0.05, 0.1) is 34.6 Å². The van der Waals surface area contributed by atoms with Gasteiger partial charge in [0.25, 0.3) is 5.91 Å². The molecule has 0 radical (unpaired) electrons. The van der Waals surface area contributed by atoms with Crippen LogP contribution in [-0.4, -0.2) is 61.8 Å². The van der Waals surface area contributed by atoms with Gasteiger partial charge < -0.3 is 9.80 Å². The highest BCUT2D eigenvalue weighted by Gasteiger charge is 2.27. The van der Waals surface area contributed by atoms with Crippen molar-refractivity contribution in [1.29, 1.82) is 0 Å². The van der Waals surface area contributed by atoms with E-state index in [1.165, 1.54) is 4.80 Å². The number of hydrogen-bond acceptors (Lipinski definition) is 5. The molecule has 1 saturated heterocycles. The van der Waals surface area contributed by atoms with Gasteiger partial charge in [-0.25, -0.2) is 4.68 Å². The third kappa shape index (κ3) is 3.64. The van der Waals surface area contributed by atoms with E-state index in [-0.39, 0.29) is 5.91 Å². The lowest BCUT2D eigenvalue weighted by Gasteiger charge is -2.35. The molecule has 32 heavy (non-hydrogen) atoms. The summed E-state index contributed by atoms with van der Waals surface area (Å²) in [5.74, 6) is -0.0831. The highest BCUT2D eigenvalue weighted by molar-refractivity contribution is 5.92. The van der Waals surface area contributed by atoms with Crippen LogP contribution in [0.25, 0.3) is 11.4 Å². The average molecular weight is 428 g/mol. The van der Waals surface area contributed by atoms with Gasteiger partial charge in [-0.15, -0.1) is 5.10 Å². The molecule has 8 nitrogen and oxygen atoms in total. The van der Waals surface area contributed by atoms with Gasteiger partial charge in [-0.1, -0.05) is 36.4 Å². The number of aromatic nitrogens is 5. The second kappa shape index (κ2) is 8.30. The third-order valence-corrected chi connectivity index (χ3v) is 5.84. The van der Waals surface area contributed by atoms with E-state index in [0.717, 1.165) is 41.5 Å². The third-order valence-electron chi connectivity index (χ3n) is 5.84. The normalized spacial score (nSPS) is 14.1. The van der Waals surface area contributed by atoms with E-state index in [2.05, 4.69) is 34.2 Å². The van der Waals surface area contributed by atoms with Gasteiger partial charge in [0.15, 0.2) is 5.69 Å². The Morgan fingerprint density at radius 2 is 1.44 bits per heavy atom. The summed E-state index contributed by atoms with van der Waals surface area (Å²) in [4.78, 5) is 18.7. The summed E-state index contributed by atoms with van der Waals surface area (Å²) in [7, 11) is 0. The molecule has 0 atom stereocenters. The van der Waals surface area contributed by atoms with Crippen LogP contribution in [0.15, 0.2) is 66.9 Å².